The van der Waals surface area contributed by atoms with Gasteiger partial charge < -0.3 is 4.98 Å². The molecule has 0 aliphatic rings. The fourth-order valence-electron chi connectivity index (χ4n) is 2.39. The van der Waals surface area contributed by atoms with Crippen molar-refractivity contribution in [2.75, 3.05) is 0 Å². The lowest BCUT2D eigenvalue weighted by Gasteiger charge is -1.98. The number of hydrogen-bond acceptors (Lipinski definition) is 5. The van der Waals surface area contributed by atoms with Crippen molar-refractivity contribution in [2.24, 2.45) is 7.05 Å². The molecule has 0 bridgehead atoms. The van der Waals surface area contributed by atoms with E-state index in [1.807, 2.05) is 18.6 Å². The van der Waals surface area contributed by atoms with Crippen molar-refractivity contribution in [2.45, 2.75) is 6.92 Å². The van der Waals surface area contributed by atoms with E-state index in [0.717, 1.165) is 20.8 Å². The molecular formula is C15H12N4OS2. The summed E-state index contributed by atoms with van der Waals surface area (Å²) >= 11 is 3.18. The Hall–Kier alpha value is -2.25. The lowest BCUT2D eigenvalue weighted by molar-refractivity contribution is 0.768. The number of fused-ring (bicyclic) bond motifs is 1. The van der Waals surface area contributed by atoms with Gasteiger partial charge in [0.15, 0.2) is 0 Å². The highest BCUT2D eigenvalue weighted by Crippen LogP contribution is 2.35. The van der Waals surface area contributed by atoms with Crippen LogP contribution in [0.15, 0.2) is 34.7 Å². The maximum Gasteiger partial charge on any atom is 0.260 e. The molecule has 4 aromatic heterocycles. The predicted octanol–water partition coefficient (Wildman–Crippen LogP) is 3.42. The van der Waals surface area contributed by atoms with Crippen LogP contribution in [0.25, 0.3) is 32.0 Å². The number of nitrogens with zero attached hydrogens (tertiary/aromatic N) is 3. The molecule has 0 atom stereocenters. The Morgan fingerprint density at radius 2 is 2.18 bits per heavy atom. The van der Waals surface area contributed by atoms with Crippen molar-refractivity contribution < 1.29 is 0 Å². The van der Waals surface area contributed by atoms with Gasteiger partial charge in [-0.25, -0.2) is 4.98 Å². The standard InChI is InChI=1S/C15H12N4OS2/c1-8-3-4-11(22-8)10-7-21-15-12(10)14(20)17-13(18-15)9-5-16-19(2)6-9/h3-7H,1-2H3,(H,17,18,20). The molecule has 0 saturated carbocycles. The third-order valence-electron chi connectivity index (χ3n) is 3.43. The van der Waals surface area contributed by atoms with Crippen LogP contribution in [0, 0.1) is 6.92 Å². The molecule has 4 heterocycles. The molecule has 0 amide bonds. The monoisotopic (exact) mass is 328 g/mol. The zero-order valence-electron chi connectivity index (χ0n) is 12.0. The summed E-state index contributed by atoms with van der Waals surface area (Å²) in [6.45, 7) is 2.06. The second kappa shape index (κ2) is 4.89. The van der Waals surface area contributed by atoms with Crippen LogP contribution in [0.4, 0.5) is 0 Å². The van der Waals surface area contributed by atoms with Gasteiger partial charge in [-0.1, -0.05) is 0 Å². The second-order valence-electron chi connectivity index (χ2n) is 5.06. The van der Waals surface area contributed by atoms with Crippen LogP contribution in [0.5, 0.6) is 0 Å². The molecule has 0 aliphatic heterocycles. The fraction of sp³-hybridized carbons (Fsp3) is 0.133. The largest absolute Gasteiger partial charge is 0.306 e. The molecule has 1 N–H and O–H groups in total. The van der Waals surface area contributed by atoms with Gasteiger partial charge in [-0.05, 0) is 19.1 Å². The number of aromatic nitrogens is 4. The van der Waals surface area contributed by atoms with Crippen LogP contribution in [0.1, 0.15) is 4.88 Å². The van der Waals surface area contributed by atoms with E-state index in [-0.39, 0.29) is 5.56 Å². The van der Waals surface area contributed by atoms with E-state index >= 15 is 0 Å². The van der Waals surface area contributed by atoms with Gasteiger partial charge in [-0.3, -0.25) is 9.48 Å². The van der Waals surface area contributed by atoms with E-state index in [1.165, 1.54) is 16.2 Å². The molecule has 0 radical (unpaired) electrons. The molecule has 4 rings (SSSR count). The molecule has 0 spiro atoms. The normalized spacial score (nSPS) is 11.4. The predicted molar refractivity (Wildman–Crippen MR) is 90.5 cm³/mol. The summed E-state index contributed by atoms with van der Waals surface area (Å²) in [7, 11) is 1.84. The first-order valence-electron chi connectivity index (χ1n) is 6.69. The summed E-state index contributed by atoms with van der Waals surface area (Å²) in [5.74, 6) is 0.557. The van der Waals surface area contributed by atoms with E-state index in [0.29, 0.717) is 11.2 Å². The number of H-pyrrole nitrogens is 1. The van der Waals surface area contributed by atoms with Gasteiger partial charge >= 0.3 is 0 Å². The minimum atomic E-state index is -0.105. The summed E-state index contributed by atoms with van der Waals surface area (Å²) < 4.78 is 1.69. The molecule has 0 saturated heterocycles. The smallest absolute Gasteiger partial charge is 0.260 e. The minimum Gasteiger partial charge on any atom is -0.306 e. The maximum atomic E-state index is 12.5. The Balaban J connectivity index is 1.93. The Kier molecular flexibility index (Phi) is 2.98. The van der Waals surface area contributed by atoms with Gasteiger partial charge in [0.2, 0.25) is 0 Å². The number of nitrogens with one attached hydrogen (secondary N) is 1. The van der Waals surface area contributed by atoms with Gasteiger partial charge in [0.1, 0.15) is 10.7 Å². The van der Waals surface area contributed by atoms with Crippen LogP contribution >= 0.6 is 22.7 Å². The zero-order valence-corrected chi connectivity index (χ0v) is 13.6. The summed E-state index contributed by atoms with van der Waals surface area (Å²) in [4.78, 5) is 23.1. The minimum absolute atomic E-state index is 0.105. The molecule has 0 unspecified atom stereocenters. The van der Waals surface area contributed by atoms with Gasteiger partial charge in [0.05, 0.1) is 17.1 Å². The molecule has 110 valence electrons. The molecule has 0 aromatic carbocycles. The SMILES string of the molecule is Cc1ccc(-c2csc3nc(-c4cnn(C)c4)[nH]c(=O)c23)s1. The number of hydrogen-bond donors (Lipinski definition) is 1. The molecule has 0 fully saturated rings. The Labute approximate surface area is 133 Å². The Morgan fingerprint density at radius 3 is 2.86 bits per heavy atom. The third-order valence-corrected chi connectivity index (χ3v) is 5.33. The third kappa shape index (κ3) is 2.10. The first-order valence-corrected chi connectivity index (χ1v) is 8.39. The number of aromatic amines is 1. The number of rotatable bonds is 2. The van der Waals surface area contributed by atoms with E-state index in [9.17, 15) is 4.79 Å². The van der Waals surface area contributed by atoms with Crippen LogP contribution < -0.4 is 5.56 Å². The van der Waals surface area contributed by atoms with Crippen molar-refractivity contribution >= 4 is 32.9 Å². The summed E-state index contributed by atoms with van der Waals surface area (Å²) in [6, 6.07) is 4.12. The zero-order chi connectivity index (χ0) is 15.3. The highest BCUT2D eigenvalue weighted by molar-refractivity contribution is 7.19. The lowest BCUT2D eigenvalue weighted by Crippen LogP contribution is -2.08. The topological polar surface area (TPSA) is 63.6 Å². The van der Waals surface area contributed by atoms with Gasteiger partial charge in [0, 0.05) is 33.9 Å². The average molecular weight is 328 g/mol. The van der Waals surface area contributed by atoms with Crippen molar-refractivity contribution in [3.05, 3.63) is 45.1 Å². The Morgan fingerprint density at radius 1 is 1.32 bits per heavy atom. The van der Waals surface area contributed by atoms with Crippen LogP contribution in [-0.4, -0.2) is 19.7 Å². The highest BCUT2D eigenvalue weighted by Gasteiger charge is 2.15. The summed E-state index contributed by atoms with van der Waals surface area (Å²) in [5, 5.41) is 6.79. The van der Waals surface area contributed by atoms with Gasteiger partial charge in [0.25, 0.3) is 5.56 Å². The quantitative estimate of drug-likeness (QED) is 0.613. The maximum absolute atomic E-state index is 12.5. The summed E-state index contributed by atoms with van der Waals surface area (Å²) in [6.07, 6.45) is 3.53. The molecule has 7 heteroatoms. The lowest BCUT2D eigenvalue weighted by atomic mass is 10.2. The summed E-state index contributed by atoms with van der Waals surface area (Å²) in [5.41, 5.74) is 1.67. The van der Waals surface area contributed by atoms with Crippen LogP contribution in [0.2, 0.25) is 0 Å². The molecule has 0 aliphatic carbocycles. The molecule has 22 heavy (non-hydrogen) atoms. The number of aryl methyl sites for hydroxylation is 2. The van der Waals surface area contributed by atoms with Crippen LogP contribution in [0.3, 0.4) is 0 Å². The van der Waals surface area contributed by atoms with E-state index in [4.69, 9.17) is 0 Å². The fourth-order valence-corrected chi connectivity index (χ4v) is 4.29. The van der Waals surface area contributed by atoms with Crippen molar-refractivity contribution in [3.8, 4) is 21.8 Å². The van der Waals surface area contributed by atoms with Crippen molar-refractivity contribution in [3.63, 3.8) is 0 Å². The molecule has 4 aromatic rings. The molecule has 5 nitrogen and oxygen atoms in total. The van der Waals surface area contributed by atoms with Crippen LogP contribution in [-0.2, 0) is 7.05 Å². The van der Waals surface area contributed by atoms with Crippen molar-refractivity contribution in [1.29, 1.82) is 0 Å². The van der Waals surface area contributed by atoms with Gasteiger partial charge in [-0.2, -0.15) is 5.10 Å². The van der Waals surface area contributed by atoms with Gasteiger partial charge in [-0.15, -0.1) is 22.7 Å². The van der Waals surface area contributed by atoms with Crippen molar-refractivity contribution in [1.82, 2.24) is 19.7 Å². The Bertz CT molecular complexity index is 1040. The molecular weight excluding hydrogens is 316 g/mol. The second-order valence-corrected chi connectivity index (χ2v) is 7.20. The average Bonchev–Trinajstić information content (AvgIpc) is 3.17. The highest BCUT2D eigenvalue weighted by atomic mass is 32.1. The first kappa shape index (κ1) is 13.4. The number of thiophene rings is 2. The van der Waals surface area contributed by atoms with E-state index in [1.54, 1.807) is 22.2 Å². The van der Waals surface area contributed by atoms with E-state index in [2.05, 4.69) is 34.1 Å². The first-order chi connectivity index (χ1) is 10.6. The van der Waals surface area contributed by atoms with E-state index < -0.39 is 0 Å².